The summed E-state index contributed by atoms with van der Waals surface area (Å²) in [4.78, 5) is 33.0. The van der Waals surface area contributed by atoms with E-state index < -0.39 is 53.3 Å². The van der Waals surface area contributed by atoms with Gasteiger partial charge in [-0.2, -0.15) is 26.3 Å². The maximum absolute atomic E-state index is 13.6. The van der Waals surface area contributed by atoms with Crippen LogP contribution in [0.2, 0.25) is 0 Å². The first-order valence-corrected chi connectivity index (χ1v) is 15.1. The number of rotatable bonds is 8. The predicted molar refractivity (Wildman–Crippen MR) is 165 cm³/mol. The monoisotopic (exact) mass is 688 g/mol. The number of methoxy groups -OCH3 is 1. The first-order chi connectivity index (χ1) is 23.0. The van der Waals surface area contributed by atoms with E-state index in [-0.39, 0.29) is 18.2 Å². The van der Waals surface area contributed by atoms with Crippen LogP contribution in [0.4, 0.5) is 37.0 Å². The standard InChI is InChI=1S/C34H30F6N4O5/c1-18-30(20-11-22(33(35,36)37)15-23(12-20)34(38,39)40)49-32(47)44(18)17-26-24(6-8-29(41-26)43-9-4-10-43)25-13-19(5-7-28(25)48-3)27-14-21(31(45)46)16-42(27)2/h5-8,11-16,18,30H,4,9-10,17H2,1-3H3,(H,45,46)/t18-,30-/m0/s1. The van der Waals surface area contributed by atoms with Crippen LogP contribution in [0.5, 0.6) is 5.75 Å². The topological polar surface area (TPSA) is 97.1 Å². The van der Waals surface area contributed by atoms with Gasteiger partial charge < -0.3 is 24.0 Å². The Morgan fingerprint density at radius 3 is 2.20 bits per heavy atom. The predicted octanol–water partition coefficient (Wildman–Crippen LogP) is 7.79. The van der Waals surface area contributed by atoms with Crippen molar-refractivity contribution in [2.24, 2.45) is 7.05 Å². The molecule has 0 spiro atoms. The van der Waals surface area contributed by atoms with E-state index in [0.717, 1.165) is 19.5 Å². The summed E-state index contributed by atoms with van der Waals surface area (Å²) in [7, 11) is 3.18. The number of hydrogen-bond acceptors (Lipinski definition) is 6. The lowest BCUT2D eigenvalue weighted by molar-refractivity contribution is -0.143. The summed E-state index contributed by atoms with van der Waals surface area (Å²) in [5.41, 5.74) is -0.632. The molecule has 4 heterocycles. The van der Waals surface area contributed by atoms with Crippen LogP contribution in [0.25, 0.3) is 22.4 Å². The van der Waals surface area contributed by atoms with Gasteiger partial charge in [0.05, 0.1) is 42.1 Å². The number of pyridine rings is 1. The van der Waals surface area contributed by atoms with E-state index in [2.05, 4.69) is 0 Å². The van der Waals surface area contributed by atoms with Crippen LogP contribution in [-0.2, 0) is 30.7 Å². The number of aromatic nitrogens is 2. The zero-order valence-corrected chi connectivity index (χ0v) is 26.4. The van der Waals surface area contributed by atoms with Crippen LogP contribution in [0, 0.1) is 0 Å². The first-order valence-electron chi connectivity index (χ1n) is 15.1. The molecule has 1 N–H and O–H groups in total. The second-order valence-corrected chi connectivity index (χ2v) is 12.0. The van der Waals surface area contributed by atoms with Crippen LogP contribution < -0.4 is 9.64 Å². The number of anilines is 1. The molecule has 9 nitrogen and oxygen atoms in total. The minimum atomic E-state index is -5.07. The van der Waals surface area contributed by atoms with Crippen molar-refractivity contribution in [3.8, 4) is 28.1 Å². The number of hydrogen-bond donors (Lipinski definition) is 1. The Kier molecular flexibility index (Phi) is 8.49. The van der Waals surface area contributed by atoms with E-state index in [1.54, 1.807) is 35.9 Å². The van der Waals surface area contributed by atoms with Gasteiger partial charge in [0.1, 0.15) is 17.7 Å². The molecule has 2 aliphatic heterocycles. The van der Waals surface area contributed by atoms with Crippen molar-refractivity contribution in [1.29, 1.82) is 0 Å². The molecule has 0 bridgehead atoms. The zero-order valence-electron chi connectivity index (χ0n) is 26.4. The number of carboxylic acid groups (broad SMARTS) is 1. The van der Waals surface area contributed by atoms with Gasteiger partial charge in [0.15, 0.2) is 0 Å². The lowest BCUT2D eigenvalue weighted by Crippen LogP contribution is -2.38. The number of benzene rings is 2. The van der Waals surface area contributed by atoms with Gasteiger partial charge in [0.25, 0.3) is 0 Å². The lowest BCUT2D eigenvalue weighted by Gasteiger charge is -2.33. The molecule has 6 rings (SSSR count). The van der Waals surface area contributed by atoms with Crippen LogP contribution >= 0.6 is 0 Å². The van der Waals surface area contributed by atoms with E-state index in [0.29, 0.717) is 51.8 Å². The third kappa shape index (κ3) is 6.48. The molecule has 15 heteroatoms. The molecule has 2 saturated heterocycles. The minimum Gasteiger partial charge on any atom is -0.496 e. The maximum atomic E-state index is 13.6. The highest BCUT2D eigenvalue weighted by Crippen LogP contribution is 2.43. The maximum Gasteiger partial charge on any atom is 0.416 e. The van der Waals surface area contributed by atoms with Crippen LogP contribution in [0.1, 0.15) is 52.2 Å². The van der Waals surface area contributed by atoms with Gasteiger partial charge in [-0.05, 0) is 79.1 Å². The van der Waals surface area contributed by atoms with Gasteiger partial charge in [-0.1, -0.05) is 0 Å². The minimum absolute atomic E-state index is 0.0274. The molecule has 258 valence electrons. The summed E-state index contributed by atoms with van der Waals surface area (Å²) in [5.74, 6) is -0.0267. The lowest BCUT2D eigenvalue weighted by atomic mass is 9.96. The normalized spacial score (nSPS) is 18.0. The second kappa shape index (κ2) is 12.3. The molecule has 0 unspecified atom stereocenters. The Balaban J connectivity index is 1.41. The third-order valence-electron chi connectivity index (χ3n) is 8.83. The average molecular weight is 689 g/mol. The number of nitrogens with zero attached hydrogens (tertiary/aromatic N) is 4. The molecule has 2 atom stereocenters. The number of cyclic esters (lactones) is 1. The van der Waals surface area contributed by atoms with Crippen molar-refractivity contribution in [3.05, 3.63) is 88.7 Å². The van der Waals surface area contributed by atoms with Crippen molar-refractivity contribution in [2.75, 3.05) is 25.1 Å². The van der Waals surface area contributed by atoms with Gasteiger partial charge in [-0.15, -0.1) is 0 Å². The Labute approximate surface area is 276 Å². The Hall–Kier alpha value is -5.21. The number of ether oxygens (including phenoxy) is 2. The van der Waals surface area contributed by atoms with E-state index in [1.165, 1.54) is 31.2 Å². The van der Waals surface area contributed by atoms with Crippen LogP contribution in [0.15, 0.2) is 60.8 Å². The van der Waals surface area contributed by atoms with Crippen LogP contribution in [0.3, 0.4) is 0 Å². The van der Waals surface area contributed by atoms with Crippen molar-refractivity contribution < 1.29 is 50.5 Å². The molecule has 2 aromatic heterocycles. The summed E-state index contributed by atoms with van der Waals surface area (Å²) in [6.45, 7) is 2.80. The summed E-state index contributed by atoms with van der Waals surface area (Å²) >= 11 is 0. The molecule has 0 saturated carbocycles. The molecule has 4 aromatic rings. The van der Waals surface area contributed by atoms with Crippen molar-refractivity contribution in [2.45, 2.75) is 44.4 Å². The van der Waals surface area contributed by atoms with Crippen molar-refractivity contribution in [3.63, 3.8) is 0 Å². The van der Waals surface area contributed by atoms with E-state index in [4.69, 9.17) is 14.5 Å². The number of aryl methyl sites for hydroxylation is 1. The summed E-state index contributed by atoms with van der Waals surface area (Å²) in [6, 6.07) is 10.6. The summed E-state index contributed by atoms with van der Waals surface area (Å²) in [6.07, 6.45) is -10.1. The highest BCUT2D eigenvalue weighted by atomic mass is 19.4. The fourth-order valence-electron chi connectivity index (χ4n) is 6.09. The number of carbonyl (C=O) groups is 2. The largest absolute Gasteiger partial charge is 0.496 e. The molecule has 0 radical (unpaired) electrons. The molecule has 2 aliphatic rings. The zero-order chi connectivity index (χ0) is 35.4. The average Bonchev–Trinajstić information content (AvgIpc) is 3.54. The van der Waals surface area contributed by atoms with Crippen LogP contribution in [-0.4, -0.2) is 57.9 Å². The Morgan fingerprint density at radius 1 is 0.980 bits per heavy atom. The van der Waals surface area contributed by atoms with E-state index in [1.807, 2.05) is 11.0 Å². The molecular formula is C34H30F6N4O5. The molecule has 2 aromatic carbocycles. The molecule has 49 heavy (non-hydrogen) atoms. The summed E-state index contributed by atoms with van der Waals surface area (Å²) < 4.78 is 94.5. The van der Waals surface area contributed by atoms with Gasteiger partial charge in [-0.3, -0.25) is 4.90 Å². The first kappa shape index (κ1) is 33.7. The summed E-state index contributed by atoms with van der Waals surface area (Å²) in [5, 5.41) is 9.50. The number of aromatic carboxylic acids is 1. The van der Waals surface area contributed by atoms with E-state index in [9.17, 15) is 41.0 Å². The fourth-order valence-corrected chi connectivity index (χ4v) is 6.09. The molecule has 0 aliphatic carbocycles. The van der Waals surface area contributed by atoms with Gasteiger partial charge in [0, 0.05) is 43.2 Å². The number of amides is 1. The van der Waals surface area contributed by atoms with Gasteiger partial charge in [0.2, 0.25) is 0 Å². The quantitative estimate of drug-likeness (QED) is 0.189. The smallest absolute Gasteiger partial charge is 0.416 e. The van der Waals surface area contributed by atoms with E-state index >= 15 is 0 Å². The number of carbonyl (C=O) groups excluding carboxylic acids is 1. The number of alkyl halides is 6. The molecular weight excluding hydrogens is 658 g/mol. The van der Waals surface area contributed by atoms with Crippen molar-refractivity contribution in [1.82, 2.24) is 14.5 Å². The van der Waals surface area contributed by atoms with Gasteiger partial charge >= 0.3 is 24.4 Å². The second-order valence-electron chi connectivity index (χ2n) is 12.0. The molecule has 2 fully saturated rings. The number of halogens is 6. The SMILES string of the molecule is COc1ccc(-c2cc(C(=O)O)cn2C)cc1-c1ccc(N2CCC2)nc1CN1C(=O)O[C@H](c2cc(C(F)(F)F)cc(C(F)(F)F)c2)[C@@H]1C. The Morgan fingerprint density at radius 2 is 1.65 bits per heavy atom. The van der Waals surface area contributed by atoms with Gasteiger partial charge in [-0.25, -0.2) is 14.6 Å². The fraction of sp³-hybridized carbons (Fsp3) is 0.324. The third-order valence-corrected chi connectivity index (χ3v) is 8.83. The van der Waals surface area contributed by atoms with Crippen molar-refractivity contribution >= 4 is 17.9 Å². The highest BCUT2D eigenvalue weighted by Gasteiger charge is 2.43. The number of carboxylic acids is 1. The Bertz CT molecular complexity index is 1900. The molecule has 1 amide bonds. The highest BCUT2D eigenvalue weighted by molar-refractivity contribution is 5.90.